The average molecular weight is 433 g/mol. The summed E-state index contributed by atoms with van der Waals surface area (Å²) in [7, 11) is 1.66. The van der Waals surface area contributed by atoms with E-state index in [-0.39, 0.29) is 22.4 Å². The van der Waals surface area contributed by atoms with Gasteiger partial charge in [-0.25, -0.2) is 4.79 Å². The first-order valence-electron chi connectivity index (χ1n) is 9.91. The van der Waals surface area contributed by atoms with Gasteiger partial charge in [0.05, 0.1) is 23.7 Å². The number of aromatic carboxylic acids is 1. The van der Waals surface area contributed by atoms with Gasteiger partial charge < -0.3 is 19.6 Å². The van der Waals surface area contributed by atoms with E-state index in [0.717, 1.165) is 23.3 Å². The van der Waals surface area contributed by atoms with Crippen molar-refractivity contribution in [3.05, 3.63) is 51.8 Å². The smallest absolute Gasteiger partial charge is 0.341 e. The molecule has 2 aliphatic heterocycles. The van der Waals surface area contributed by atoms with Crippen molar-refractivity contribution in [1.82, 2.24) is 4.68 Å². The number of benzene rings is 1. The third-order valence-corrected chi connectivity index (χ3v) is 6.66. The maximum atomic E-state index is 12.4. The van der Waals surface area contributed by atoms with Gasteiger partial charge in [0.25, 0.3) is 0 Å². The molecule has 1 fully saturated rings. The van der Waals surface area contributed by atoms with Crippen LogP contribution in [0.25, 0.3) is 11.3 Å². The van der Waals surface area contributed by atoms with Crippen molar-refractivity contribution in [2.45, 2.75) is 31.7 Å². The molecule has 2 aliphatic rings. The largest absolute Gasteiger partial charge is 0.493 e. The Balaban J connectivity index is 1.83. The quantitative estimate of drug-likeness (QED) is 0.557. The van der Waals surface area contributed by atoms with Crippen LogP contribution in [-0.2, 0) is 4.74 Å². The molecule has 4 rings (SSSR count). The molecule has 160 valence electrons. The summed E-state index contributed by atoms with van der Waals surface area (Å²) < 4.78 is 12.7. The van der Waals surface area contributed by atoms with E-state index in [1.807, 2.05) is 18.2 Å². The van der Waals surface area contributed by atoms with E-state index in [1.165, 1.54) is 12.3 Å². The van der Waals surface area contributed by atoms with Gasteiger partial charge in [0.15, 0.2) is 5.43 Å². The van der Waals surface area contributed by atoms with Crippen LogP contribution in [0.4, 0.5) is 0 Å². The molecule has 1 saturated heterocycles. The summed E-state index contributed by atoms with van der Waals surface area (Å²) in [4.78, 5) is 24.0. The van der Waals surface area contributed by atoms with Gasteiger partial charge >= 0.3 is 5.97 Å². The Labute approximate surface area is 179 Å². The predicted octanol–water partition coefficient (Wildman–Crippen LogP) is 3.27. The van der Waals surface area contributed by atoms with E-state index in [4.69, 9.17) is 21.1 Å². The highest BCUT2D eigenvalue weighted by molar-refractivity contribution is 6.22. The monoisotopic (exact) mass is 432 g/mol. The van der Waals surface area contributed by atoms with E-state index in [9.17, 15) is 14.7 Å². The second-order valence-corrected chi connectivity index (χ2v) is 8.93. The van der Waals surface area contributed by atoms with Gasteiger partial charge in [-0.05, 0) is 23.8 Å². The van der Waals surface area contributed by atoms with Crippen molar-refractivity contribution in [1.29, 1.82) is 0 Å². The lowest BCUT2D eigenvalue weighted by molar-refractivity contribution is 0.0694. The Morgan fingerprint density at radius 3 is 2.77 bits per heavy atom. The summed E-state index contributed by atoms with van der Waals surface area (Å²) in [5, 5.41) is 11.3. The second kappa shape index (κ2) is 7.63. The lowest BCUT2D eigenvalue weighted by atomic mass is 9.86. The minimum atomic E-state index is -1.24. The summed E-state index contributed by atoms with van der Waals surface area (Å²) in [6, 6.07) is 6.99. The van der Waals surface area contributed by atoms with Crippen LogP contribution in [0.3, 0.4) is 0 Å². The van der Waals surface area contributed by atoms with Crippen LogP contribution >= 0.6 is 11.6 Å². The van der Waals surface area contributed by atoms with Gasteiger partial charge in [0.2, 0.25) is 0 Å². The van der Waals surface area contributed by atoms with Crippen LogP contribution in [0.2, 0.25) is 0 Å². The Hall–Kier alpha value is -2.51. The number of ether oxygens (including phenoxy) is 2. The van der Waals surface area contributed by atoms with Crippen molar-refractivity contribution in [2.24, 2.45) is 5.41 Å². The Bertz CT molecular complexity index is 1050. The molecule has 0 amide bonds. The summed E-state index contributed by atoms with van der Waals surface area (Å²) in [6.45, 7) is 5.97. The molecule has 30 heavy (non-hydrogen) atoms. The van der Waals surface area contributed by atoms with Crippen molar-refractivity contribution in [2.75, 3.05) is 31.9 Å². The van der Waals surface area contributed by atoms with E-state index < -0.39 is 11.4 Å². The predicted molar refractivity (Wildman–Crippen MR) is 114 cm³/mol. The molecule has 0 saturated carbocycles. The van der Waals surface area contributed by atoms with Crippen LogP contribution in [-0.4, -0.2) is 48.0 Å². The van der Waals surface area contributed by atoms with Crippen molar-refractivity contribution in [3.8, 4) is 17.0 Å². The number of carboxylic acid groups (broad SMARTS) is 1. The molecule has 0 radical (unpaired) electrons. The van der Waals surface area contributed by atoms with Crippen LogP contribution in [0, 0.1) is 5.41 Å². The van der Waals surface area contributed by atoms with Gasteiger partial charge in [-0.3, -0.25) is 9.47 Å². The van der Waals surface area contributed by atoms with E-state index >= 15 is 0 Å². The first kappa shape index (κ1) is 20.8. The topological polar surface area (TPSA) is 81.0 Å². The van der Waals surface area contributed by atoms with Gasteiger partial charge in [-0.1, -0.05) is 13.8 Å². The number of fused-ring (bicyclic) bond motifs is 6. The van der Waals surface area contributed by atoms with Gasteiger partial charge in [0.1, 0.15) is 11.3 Å². The van der Waals surface area contributed by atoms with E-state index in [2.05, 4.69) is 18.9 Å². The normalized spacial score (nSPS) is 21.0. The van der Waals surface area contributed by atoms with Crippen LogP contribution in [0.15, 0.2) is 35.3 Å². The molecular weight excluding hydrogens is 408 g/mol. The first-order valence-corrected chi connectivity index (χ1v) is 10.4. The highest BCUT2D eigenvalue weighted by atomic mass is 35.5. The van der Waals surface area contributed by atoms with E-state index in [0.29, 0.717) is 25.5 Å². The maximum absolute atomic E-state index is 12.4. The number of rotatable bonds is 6. The standard InChI is InChI=1S/C22H25ClN2O5/c1-22(2)12-25-19(20(22)23)15-9-13(30-8-4-7-29-3)5-6-14(15)17-10-18(26)16(21(27)28)11-24(17)25/h5-6,9-11,19-20H,4,7-8,12H2,1-3H3,(H,27,28). The lowest BCUT2D eigenvalue weighted by Gasteiger charge is -2.38. The fourth-order valence-corrected chi connectivity index (χ4v) is 4.64. The van der Waals surface area contributed by atoms with Crippen LogP contribution in [0.1, 0.15) is 42.2 Å². The molecule has 8 heteroatoms. The zero-order chi connectivity index (χ0) is 21.6. The number of carbonyl (C=O) groups is 1. The molecule has 2 unspecified atom stereocenters. The van der Waals surface area contributed by atoms with Crippen LogP contribution in [0.5, 0.6) is 5.75 Å². The molecule has 0 aliphatic carbocycles. The Kier molecular flexibility index (Phi) is 5.28. The summed E-state index contributed by atoms with van der Waals surface area (Å²) in [5.74, 6) is -0.505. The zero-order valence-corrected chi connectivity index (χ0v) is 18.0. The molecule has 1 aromatic carbocycles. The molecular formula is C22H25ClN2O5. The fourth-order valence-electron chi connectivity index (χ4n) is 4.31. The molecule has 7 nitrogen and oxygen atoms in total. The molecule has 2 aromatic rings. The highest BCUT2D eigenvalue weighted by Gasteiger charge is 2.50. The number of alkyl halides is 1. The lowest BCUT2D eigenvalue weighted by Crippen LogP contribution is -2.41. The Morgan fingerprint density at radius 1 is 1.30 bits per heavy atom. The molecule has 1 aromatic heterocycles. The molecule has 1 N–H and O–H groups in total. The summed E-state index contributed by atoms with van der Waals surface area (Å²) >= 11 is 6.91. The minimum Gasteiger partial charge on any atom is -0.493 e. The van der Waals surface area contributed by atoms with E-state index in [1.54, 1.807) is 11.8 Å². The number of nitrogens with zero attached hydrogens (tertiary/aromatic N) is 2. The fraction of sp³-hybridized carbons (Fsp3) is 0.455. The molecule has 2 atom stereocenters. The maximum Gasteiger partial charge on any atom is 0.341 e. The number of aromatic nitrogens is 1. The third kappa shape index (κ3) is 3.36. The molecule has 0 spiro atoms. The van der Waals surface area contributed by atoms with Gasteiger partial charge in [-0.15, -0.1) is 11.6 Å². The van der Waals surface area contributed by atoms with Crippen molar-refractivity contribution in [3.63, 3.8) is 0 Å². The summed E-state index contributed by atoms with van der Waals surface area (Å²) in [6.07, 6.45) is 2.20. The Morgan fingerprint density at radius 2 is 2.07 bits per heavy atom. The van der Waals surface area contributed by atoms with Crippen molar-refractivity contribution < 1.29 is 19.4 Å². The number of methoxy groups -OCH3 is 1. The number of hydrogen-bond acceptors (Lipinski definition) is 5. The average Bonchev–Trinajstić information content (AvgIpc) is 2.94. The van der Waals surface area contributed by atoms with Gasteiger partial charge in [-0.2, -0.15) is 0 Å². The molecule has 0 bridgehead atoms. The molecule has 3 heterocycles. The number of halogens is 1. The zero-order valence-electron chi connectivity index (χ0n) is 17.2. The highest BCUT2D eigenvalue weighted by Crippen LogP contribution is 2.51. The van der Waals surface area contributed by atoms with Gasteiger partial charge in [0, 0.05) is 49.9 Å². The SMILES string of the molecule is COCCCOc1ccc2c(c1)C1C(Cl)C(C)(C)CN1n1cc(C(=O)O)c(=O)cc1-2. The number of carboxylic acids is 1. The second-order valence-electron chi connectivity index (χ2n) is 8.46. The van der Waals surface area contributed by atoms with Crippen LogP contribution < -0.4 is 15.2 Å². The van der Waals surface area contributed by atoms with Crippen molar-refractivity contribution >= 4 is 17.6 Å². The first-order chi connectivity index (χ1) is 14.2. The number of pyridine rings is 1. The minimum absolute atomic E-state index is 0.171. The summed E-state index contributed by atoms with van der Waals surface area (Å²) in [5.41, 5.74) is 1.51. The number of hydrogen-bond donors (Lipinski definition) is 1. The third-order valence-electron chi connectivity index (χ3n) is 5.83.